The second-order valence-electron chi connectivity index (χ2n) is 8.86. The quantitative estimate of drug-likeness (QED) is 0.179. The number of halogens is 1. The summed E-state index contributed by atoms with van der Waals surface area (Å²) in [5.74, 6) is 1.73. The van der Waals surface area contributed by atoms with E-state index in [-0.39, 0.29) is 0 Å². The van der Waals surface area contributed by atoms with Crippen LogP contribution in [0.2, 0.25) is 0 Å². The van der Waals surface area contributed by atoms with Gasteiger partial charge in [0.1, 0.15) is 0 Å². The number of hydrogen-bond donors (Lipinski definition) is 0. The van der Waals surface area contributed by atoms with Crippen molar-refractivity contribution in [2.24, 2.45) is 0 Å². The maximum absolute atomic E-state index is 6.10. The first-order valence-corrected chi connectivity index (χ1v) is 16.8. The van der Waals surface area contributed by atoms with Gasteiger partial charge in [0, 0.05) is 0 Å². The monoisotopic (exact) mass is 548 g/mol. The van der Waals surface area contributed by atoms with E-state index in [1.807, 2.05) is 6.07 Å². The summed E-state index contributed by atoms with van der Waals surface area (Å²) >= 11 is 4.56. The van der Waals surface area contributed by atoms with Crippen LogP contribution in [0.4, 0.5) is 0 Å². The van der Waals surface area contributed by atoms with E-state index in [9.17, 15) is 0 Å². The van der Waals surface area contributed by atoms with Gasteiger partial charge in [-0.25, -0.2) is 0 Å². The number of ether oxygens (including phenoxy) is 2. The summed E-state index contributed by atoms with van der Waals surface area (Å²) in [7, 11) is 0. The molecule has 4 rings (SSSR count). The van der Waals surface area contributed by atoms with Gasteiger partial charge in [-0.3, -0.25) is 0 Å². The van der Waals surface area contributed by atoms with Gasteiger partial charge in [-0.1, -0.05) is 0 Å². The molecule has 0 heterocycles. The minimum absolute atomic E-state index is 0.685. The molecular weight excluding hydrogens is 515 g/mol. The molecule has 0 atom stereocenters. The molecule has 2 nitrogen and oxygen atoms in total. The van der Waals surface area contributed by atoms with E-state index in [0.29, 0.717) is 13.2 Å². The standard InChI is InChI=1S/C31H34BrO2P/c1-3-20-33-27-22-26(23-28(24-27)34-21-4-2)25-35(32,29-14-8-5-9-15-29,30-16-10-6-11-17-30)31-18-12-7-13-19-31/h5-19,22-24H,3-4,20-21,25H2,1-2H3. The Morgan fingerprint density at radius 3 is 1.29 bits per heavy atom. The van der Waals surface area contributed by atoms with Crippen LogP contribution in [0.3, 0.4) is 0 Å². The van der Waals surface area contributed by atoms with Gasteiger partial charge in [0.25, 0.3) is 0 Å². The molecule has 182 valence electrons. The molecule has 0 aliphatic heterocycles. The normalized spacial score (nSPS) is 12.5. The van der Waals surface area contributed by atoms with Gasteiger partial charge in [-0.05, 0) is 0 Å². The summed E-state index contributed by atoms with van der Waals surface area (Å²) in [5, 5.41) is 0.800. The van der Waals surface area contributed by atoms with Gasteiger partial charge in [0.05, 0.1) is 0 Å². The molecular formula is C31H34BrO2P. The fourth-order valence-corrected chi connectivity index (χ4v) is 12.3. The molecule has 0 aliphatic rings. The third-order valence-corrected chi connectivity index (χ3v) is 15.8. The summed E-state index contributed by atoms with van der Waals surface area (Å²) in [6.45, 7) is 5.63. The van der Waals surface area contributed by atoms with Crippen LogP contribution in [-0.2, 0) is 6.16 Å². The van der Waals surface area contributed by atoms with Crippen molar-refractivity contribution in [2.75, 3.05) is 13.2 Å². The van der Waals surface area contributed by atoms with Crippen molar-refractivity contribution in [1.82, 2.24) is 0 Å². The van der Waals surface area contributed by atoms with Crippen molar-refractivity contribution < 1.29 is 9.47 Å². The Kier molecular flexibility index (Phi) is 8.31. The molecule has 0 radical (unpaired) electrons. The molecule has 0 N–H and O–H groups in total. The summed E-state index contributed by atoms with van der Waals surface area (Å²) in [6, 6.07) is 39.1. The van der Waals surface area contributed by atoms with Crippen LogP contribution >= 0.6 is 20.8 Å². The van der Waals surface area contributed by atoms with Crippen molar-refractivity contribution >= 4 is 36.7 Å². The van der Waals surface area contributed by atoms with E-state index in [1.165, 1.54) is 21.5 Å². The molecule has 4 aromatic rings. The van der Waals surface area contributed by atoms with Crippen molar-refractivity contribution in [1.29, 1.82) is 0 Å². The van der Waals surface area contributed by atoms with Crippen molar-refractivity contribution in [3.05, 3.63) is 115 Å². The number of rotatable bonds is 11. The number of benzene rings is 4. The molecule has 0 bridgehead atoms. The summed E-state index contributed by atoms with van der Waals surface area (Å²) in [4.78, 5) is 0. The molecule has 0 saturated carbocycles. The van der Waals surface area contributed by atoms with E-state index in [1.54, 1.807) is 0 Å². The van der Waals surface area contributed by atoms with Crippen LogP contribution in [0.1, 0.15) is 32.3 Å². The molecule has 0 spiro atoms. The van der Waals surface area contributed by atoms with Gasteiger partial charge in [-0.2, -0.15) is 0 Å². The third-order valence-electron chi connectivity index (χ3n) is 6.25. The predicted octanol–water partition coefficient (Wildman–Crippen LogP) is 7.60. The van der Waals surface area contributed by atoms with E-state index >= 15 is 0 Å². The SMILES string of the molecule is CCCOc1cc(CP(Br)(c2ccccc2)(c2ccccc2)c2ccccc2)cc(OCCC)c1. The molecule has 0 aliphatic carbocycles. The third kappa shape index (κ3) is 5.32. The molecule has 0 fully saturated rings. The Morgan fingerprint density at radius 1 is 0.571 bits per heavy atom. The molecule has 0 aromatic heterocycles. The Labute approximate surface area is 218 Å². The van der Waals surface area contributed by atoms with Crippen LogP contribution in [0.5, 0.6) is 11.5 Å². The van der Waals surface area contributed by atoms with Gasteiger partial charge in [-0.15, -0.1) is 0 Å². The van der Waals surface area contributed by atoms with E-state index in [0.717, 1.165) is 30.5 Å². The summed E-state index contributed by atoms with van der Waals surface area (Å²) in [5.41, 5.74) is 1.19. The molecule has 0 unspecified atom stereocenters. The topological polar surface area (TPSA) is 18.5 Å². The fourth-order valence-electron chi connectivity index (χ4n) is 4.61. The zero-order valence-corrected chi connectivity index (χ0v) is 23.0. The van der Waals surface area contributed by atoms with Crippen LogP contribution in [-0.4, -0.2) is 13.2 Å². The predicted molar refractivity (Wildman–Crippen MR) is 156 cm³/mol. The number of hydrogen-bond acceptors (Lipinski definition) is 2. The van der Waals surface area contributed by atoms with Crippen LogP contribution in [0.25, 0.3) is 0 Å². The molecule has 35 heavy (non-hydrogen) atoms. The Morgan fingerprint density at radius 2 is 0.943 bits per heavy atom. The van der Waals surface area contributed by atoms with Crippen molar-refractivity contribution in [3.63, 3.8) is 0 Å². The molecule has 0 saturated heterocycles. The van der Waals surface area contributed by atoms with Gasteiger partial charge >= 0.3 is 219 Å². The molecule has 4 aromatic carbocycles. The average molecular weight is 549 g/mol. The Balaban J connectivity index is 1.97. The van der Waals surface area contributed by atoms with Crippen LogP contribution in [0.15, 0.2) is 109 Å². The first-order valence-electron chi connectivity index (χ1n) is 12.4. The van der Waals surface area contributed by atoms with E-state index in [4.69, 9.17) is 9.47 Å². The van der Waals surface area contributed by atoms with Crippen LogP contribution < -0.4 is 25.4 Å². The fraction of sp³-hybridized carbons (Fsp3) is 0.226. The van der Waals surface area contributed by atoms with Crippen molar-refractivity contribution in [2.45, 2.75) is 32.9 Å². The minimum atomic E-state index is -3.09. The van der Waals surface area contributed by atoms with Gasteiger partial charge < -0.3 is 0 Å². The second-order valence-corrected chi connectivity index (χ2v) is 17.8. The first kappa shape index (κ1) is 25.5. The second kappa shape index (κ2) is 11.4. The molecule has 4 heteroatoms. The zero-order chi connectivity index (χ0) is 24.6. The zero-order valence-electron chi connectivity index (χ0n) is 20.6. The first-order chi connectivity index (χ1) is 17.1. The summed E-state index contributed by atoms with van der Waals surface area (Å²) in [6.07, 6.45) is 2.73. The van der Waals surface area contributed by atoms with E-state index in [2.05, 4.69) is 132 Å². The molecule has 0 amide bonds. The average Bonchev–Trinajstić information content (AvgIpc) is 2.92. The Bertz CT molecular complexity index is 1090. The Hall–Kier alpha value is -2.61. The van der Waals surface area contributed by atoms with E-state index < -0.39 is 5.31 Å². The van der Waals surface area contributed by atoms with Crippen molar-refractivity contribution in [3.8, 4) is 11.5 Å². The van der Waals surface area contributed by atoms with Gasteiger partial charge in [0.2, 0.25) is 0 Å². The summed E-state index contributed by atoms with van der Waals surface area (Å²) < 4.78 is 12.2. The maximum atomic E-state index is 6.10. The van der Waals surface area contributed by atoms with Gasteiger partial charge in [0.15, 0.2) is 0 Å². The van der Waals surface area contributed by atoms with Crippen LogP contribution in [0, 0.1) is 0 Å².